The molecule has 1 rings (SSSR count). The van der Waals surface area contributed by atoms with E-state index in [0.717, 1.165) is 18.5 Å². The Morgan fingerprint density at radius 1 is 1.14 bits per heavy atom. The van der Waals surface area contributed by atoms with Crippen LogP contribution < -0.4 is 10.1 Å². The molecule has 1 unspecified atom stereocenters. The second-order valence-electron chi connectivity index (χ2n) is 4.76. The molecule has 1 aromatic carbocycles. The SMILES string of the molecule is CCCNC(C)c1ccc(OCCOCC(F)(F)F)cc1. The van der Waals surface area contributed by atoms with Crippen LogP contribution >= 0.6 is 0 Å². The molecule has 0 spiro atoms. The Labute approximate surface area is 123 Å². The van der Waals surface area contributed by atoms with Crippen molar-refractivity contribution in [1.82, 2.24) is 5.32 Å². The van der Waals surface area contributed by atoms with Gasteiger partial charge in [0.05, 0.1) is 6.61 Å². The fourth-order valence-corrected chi connectivity index (χ4v) is 1.74. The van der Waals surface area contributed by atoms with E-state index in [-0.39, 0.29) is 19.3 Å². The fourth-order valence-electron chi connectivity index (χ4n) is 1.74. The molecule has 0 fully saturated rings. The quantitative estimate of drug-likeness (QED) is 0.706. The topological polar surface area (TPSA) is 30.5 Å². The minimum atomic E-state index is -4.29. The van der Waals surface area contributed by atoms with Crippen LogP contribution in [0.25, 0.3) is 0 Å². The lowest BCUT2D eigenvalue weighted by Crippen LogP contribution is -2.19. The van der Waals surface area contributed by atoms with Gasteiger partial charge in [-0.2, -0.15) is 13.2 Å². The summed E-state index contributed by atoms with van der Waals surface area (Å²) in [5.41, 5.74) is 1.14. The van der Waals surface area contributed by atoms with Crippen LogP contribution in [0.4, 0.5) is 13.2 Å². The van der Waals surface area contributed by atoms with Crippen LogP contribution in [0.15, 0.2) is 24.3 Å². The van der Waals surface area contributed by atoms with Crippen molar-refractivity contribution >= 4 is 0 Å². The molecule has 0 saturated carbocycles. The van der Waals surface area contributed by atoms with Crippen molar-refractivity contribution in [2.75, 3.05) is 26.4 Å². The number of rotatable bonds is 9. The van der Waals surface area contributed by atoms with Crippen LogP contribution in [-0.2, 0) is 4.74 Å². The zero-order chi connectivity index (χ0) is 15.7. The van der Waals surface area contributed by atoms with Crippen molar-refractivity contribution in [2.24, 2.45) is 0 Å². The first-order valence-electron chi connectivity index (χ1n) is 7.03. The van der Waals surface area contributed by atoms with E-state index in [2.05, 4.69) is 23.9 Å². The van der Waals surface area contributed by atoms with Gasteiger partial charge in [-0.15, -0.1) is 0 Å². The van der Waals surface area contributed by atoms with Gasteiger partial charge in [0.1, 0.15) is 19.0 Å². The molecular weight excluding hydrogens is 283 g/mol. The Bertz CT molecular complexity index is 393. The van der Waals surface area contributed by atoms with Crippen molar-refractivity contribution in [3.8, 4) is 5.75 Å². The molecule has 21 heavy (non-hydrogen) atoms. The molecule has 0 aromatic heterocycles. The van der Waals surface area contributed by atoms with Crippen LogP contribution in [0.2, 0.25) is 0 Å². The molecule has 1 N–H and O–H groups in total. The Morgan fingerprint density at radius 2 is 1.81 bits per heavy atom. The van der Waals surface area contributed by atoms with Gasteiger partial charge in [-0.1, -0.05) is 19.1 Å². The second-order valence-corrected chi connectivity index (χ2v) is 4.76. The molecule has 0 amide bonds. The van der Waals surface area contributed by atoms with Crippen LogP contribution in [-0.4, -0.2) is 32.5 Å². The third-order valence-corrected chi connectivity index (χ3v) is 2.84. The van der Waals surface area contributed by atoms with Gasteiger partial charge in [0.2, 0.25) is 0 Å². The number of nitrogens with one attached hydrogen (secondary N) is 1. The lowest BCUT2D eigenvalue weighted by atomic mass is 10.1. The fraction of sp³-hybridized carbons (Fsp3) is 0.600. The molecule has 0 heterocycles. The first kappa shape index (κ1) is 17.8. The molecule has 3 nitrogen and oxygen atoms in total. The summed E-state index contributed by atoms with van der Waals surface area (Å²) in [4.78, 5) is 0. The molecule has 0 saturated heterocycles. The zero-order valence-electron chi connectivity index (χ0n) is 12.4. The summed E-state index contributed by atoms with van der Waals surface area (Å²) in [5, 5.41) is 3.37. The van der Waals surface area contributed by atoms with Crippen molar-refractivity contribution in [2.45, 2.75) is 32.5 Å². The van der Waals surface area contributed by atoms with Crippen molar-refractivity contribution in [3.63, 3.8) is 0 Å². The third kappa shape index (κ3) is 7.92. The Kier molecular flexibility index (Phi) is 7.53. The number of halogens is 3. The Morgan fingerprint density at radius 3 is 2.38 bits per heavy atom. The first-order chi connectivity index (χ1) is 9.92. The van der Waals surface area contributed by atoms with Crippen LogP contribution in [0.1, 0.15) is 31.9 Å². The number of alkyl halides is 3. The van der Waals surface area contributed by atoms with E-state index in [4.69, 9.17) is 4.74 Å². The monoisotopic (exact) mass is 305 g/mol. The molecule has 0 aliphatic rings. The summed E-state index contributed by atoms with van der Waals surface area (Å²) >= 11 is 0. The molecular formula is C15H22F3NO2. The maximum Gasteiger partial charge on any atom is 0.411 e. The van der Waals surface area contributed by atoms with E-state index in [0.29, 0.717) is 5.75 Å². The highest BCUT2D eigenvalue weighted by Gasteiger charge is 2.27. The van der Waals surface area contributed by atoms with Crippen molar-refractivity contribution in [1.29, 1.82) is 0 Å². The van der Waals surface area contributed by atoms with Gasteiger partial charge in [0.15, 0.2) is 0 Å². The van der Waals surface area contributed by atoms with E-state index in [1.54, 1.807) is 0 Å². The maximum atomic E-state index is 11.8. The van der Waals surface area contributed by atoms with E-state index >= 15 is 0 Å². The lowest BCUT2D eigenvalue weighted by molar-refractivity contribution is -0.175. The molecule has 120 valence electrons. The van der Waals surface area contributed by atoms with Gasteiger partial charge < -0.3 is 14.8 Å². The van der Waals surface area contributed by atoms with E-state index < -0.39 is 12.8 Å². The zero-order valence-corrected chi connectivity index (χ0v) is 12.4. The smallest absolute Gasteiger partial charge is 0.411 e. The first-order valence-corrected chi connectivity index (χ1v) is 7.03. The van der Waals surface area contributed by atoms with E-state index in [9.17, 15) is 13.2 Å². The molecule has 0 aliphatic heterocycles. The van der Waals surface area contributed by atoms with Gasteiger partial charge >= 0.3 is 6.18 Å². The predicted octanol–water partition coefficient (Wildman–Crippen LogP) is 3.70. The van der Waals surface area contributed by atoms with Crippen LogP contribution in [0.5, 0.6) is 5.75 Å². The highest BCUT2D eigenvalue weighted by Crippen LogP contribution is 2.18. The summed E-state index contributed by atoms with van der Waals surface area (Å²) in [6.07, 6.45) is -3.22. The van der Waals surface area contributed by atoms with E-state index in [1.165, 1.54) is 0 Å². The molecule has 0 radical (unpaired) electrons. The van der Waals surface area contributed by atoms with Crippen LogP contribution in [0.3, 0.4) is 0 Å². The molecule has 0 bridgehead atoms. The number of hydrogen-bond donors (Lipinski definition) is 1. The number of benzene rings is 1. The standard InChI is InChI=1S/C15H22F3NO2/c1-3-8-19-12(2)13-4-6-14(7-5-13)21-10-9-20-11-15(16,17)18/h4-7,12,19H,3,8-11H2,1-2H3. The summed E-state index contributed by atoms with van der Waals surface area (Å²) in [7, 11) is 0. The highest BCUT2D eigenvalue weighted by atomic mass is 19.4. The summed E-state index contributed by atoms with van der Waals surface area (Å²) < 4.78 is 45.3. The van der Waals surface area contributed by atoms with Gasteiger partial charge in [-0.25, -0.2) is 0 Å². The molecule has 1 atom stereocenters. The summed E-state index contributed by atoms with van der Waals surface area (Å²) in [5.74, 6) is 0.622. The number of ether oxygens (including phenoxy) is 2. The van der Waals surface area contributed by atoms with Crippen molar-refractivity contribution in [3.05, 3.63) is 29.8 Å². The highest BCUT2D eigenvalue weighted by molar-refractivity contribution is 5.28. The normalized spacial score (nSPS) is 13.2. The number of hydrogen-bond acceptors (Lipinski definition) is 3. The average molecular weight is 305 g/mol. The molecule has 0 aliphatic carbocycles. The Hall–Kier alpha value is -1.27. The van der Waals surface area contributed by atoms with Gasteiger partial charge in [0, 0.05) is 6.04 Å². The average Bonchev–Trinajstić information content (AvgIpc) is 2.44. The van der Waals surface area contributed by atoms with Gasteiger partial charge in [-0.05, 0) is 37.6 Å². The van der Waals surface area contributed by atoms with Crippen LogP contribution in [0, 0.1) is 0 Å². The van der Waals surface area contributed by atoms with Gasteiger partial charge in [0.25, 0.3) is 0 Å². The summed E-state index contributed by atoms with van der Waals surface area (Å²) in [6.45, 7) is 3.91. The minimum Gasteiger partial charge on any atom is -0.491 e. The Balaban J connectivity index is 2.28. The largest absolute Gasteiger partial charge is 0.491 e. The van der Waals surface area contributed by atoms with Crippen molar-refractivity contribution < 1.29 is 22.6 Å². The second kappa shape index (κ2) is 8.89. The molecule has 1 aromatic rings. The maximum absolute atomic E-state index is 11.8. The minimum absolute atomic E-state index is 0.0876. The molecule has 6 heteroatoms. The third-order valence-electron chi connectivity index (χ3n) is 2.84. The predicted molar refractivity (Wildman–Crippen MR) is 75.5 cm³/mol. The summed E-state index contributed by atoms with van der Waals surface area (Å²) in [6, 6.07) is 7.76. The van der Waals surface area contributed by atoms with E-state index in [1.807, 2.05) is 24.3 Å². The van der Waals surface area contributed by atoms with Gasteiger partial charge in [-0.3, -0.25) is 0 Å². The lowest BCUT2D eigenvalue weighted by Gasteiger charge is -2.14.